The second kappa shape index (κ2) is 10.5. The molecule has 0 unspecified atom stereocenters. The number of carbonyl (C=O) groups excluding carboxylic acids is 2. The lowest BCUT2D eigenvalue weighted by Crippen LogP contribution is -2.40. The molecular weight excluding hydrogens is 476 g/mol. The number of halogens is 1. The second-order valence-electron chi connectivity index (χ2n) is 9.81. The molecule has 0 radical (unpaired) electrons. The van der Waals surface area contributed by atoms with Gasteiger partial charge in [0, 0.05) is 30.0 Å². The minimum absolute atomic E-state index is 0.0139. The lowest BCUT2D eigenvalue weighted by Gasteiger charge is -2.20. The van der Waals surface area contributed by atoms with Crippen LogP contribution in [-0.2, 0) is 24.2 Å². The van der Waals surface area contributed by atoms with E-state index in [9.17, 15) is 9.59 Å². The Balaban J connectivity index is 1.49. The topological polar surface area (TPSA) is 86.1 Å². The van der Waals surface area contributed by atoms with Crippen LogP contribution in [0.4, 0.5) is 0 Å². The fraction of sp³-hybridized carbons (Fsp3) is 0.286. The van der Waals surface area contributed by atoms with E-state index in [1.54, 1.807) is 31.6 Å². The highest BCUT2D eigenvalue weighted by molar-refractivity contribution is 6.35. The number of ether oxygens (including phenoxy) is 1. The summed E-state index contributed by atoms with van der Waals surface area (Å²) in [5.74, 6) is 0.545. The van der Waals surface area contributed by atoms with Crippen molar-refractivity contribution >= 4 is 34.2 Å². The summed E-state index contributed by atoms with van der Waals surface area (Å²) in [7, 11) is 1.64. The van der Waals surface area contributed by atoms with Gasteiger partial charge < -0.3 is 10.1 Å². The molecule has 0 aliphatic carbocycles. The van der Waals surface area contributed by atoms with E-state index in [-0.39, 0.29) is 30.1 Å². The van der Waals surface area contributed by atoms with E-state index in [1.807, 2.05) is 61.9 Å². The van der Waals surface area contributed by atoms with Crippen LogP contribution >= 0.6 is 11.6 Å². The third kappa shape index (κ3) is 6.29. The molecular formula is C28H29ClN4O3. The Kier molecular flexibility index (Phi) is 7.40. The Hall–Kier alpha value is -3.71. The zero-order valence-corrected chi connectivity index (χ0v) is 21.6. The molecule has 2 aromatic carbocycles. The predicted octanol–water partition coefficient (Wildman–Crippen LogP) is 5.02. The van der Waals surface area contributed by atoms with Gasteiger partial charge in [0.1, 0.15) is 17.2 Å². The number of ketones is 1. The summed E-state index contributed by atoms with van der Waals surface area (Å²) in [5, 5.41) is 8.79. The highest BCUT2D eigenvalue weighted by Gasteiger charge is 2.17. The quantitative estimate of drug-likeness (QED) is 0.364. The number of hydrogen-bond donors (Lipinski definition) is 1. The first-order chi connectivity index (χ1) is 17.1. The zero-order valence-electron chi connectivity index (χ0n) is 20.8. The highest BCUT2D eigenvalue weighted by atomic mass is 35.5. The van der Waals surface area contributed by atoms with Crippen molar-refractivity contribution in [2.24, 2.45) is 0 Å². The maximum Gasteiger partial charge on any atom is 0.270 e. The van der Waals surface area contributed by atoms with Gasteiger partial charge in [-0.15, -0.1) is 0 Å². The van der Waals surface area contributed by atoms with Gasteiger partial charge in [-0.3, -0.25) is 19.3 Å². The van der Waals surface area contributed by atoms with Crippen molar-refractivity contribution in [1.82, 2.24) is 20.1 Å². The van der Waals surface area contributed by atoms with Gasteiger partial charge in [-0.1, -0.05) is 23.7 Å². The molecule has 4 aromatic rings. The van der Waals surface area contributed by atoms with E-state index in [0.29, 0.717) is 17.3 Å². The number of amides is 1. The van der Waals surface area contributed by atoms with Crippen molar-refractivity contribution in [3.63, 3.8) is 0 Å². The maximum atomic E-state index is 12.9. The molecule has 0 atom stereocenters. The molecule has 0 fully saturated rings. The summed E-state index contributed by atoms with van der Waals surface area (Å²) in [6.45, 7) is 6.28. The van der Waals surface area contributed by atoms with E-state index in [4.69, 9.17) is 16.3 Å². The SMILES string of the molecule is COc1ccc(Cn2ncc3c(Cl)cc(CC(=O)Cc4ccnc(C(=O)NC(C)(C)C)c4)cc32)cc1. The van der Waals surface area contributed by atoms with E-state index >= 15 is 0 Å². The zero-order chi connectivity index (χ0) is 25.9. The molecule has 0 aliphatic heterocycles. The van der Waals surface area contributed by atoms with Crippen LogP contribution in [-0.4, -0.2) is 39.1 Å². The molecule has 1 N–H and O–H groups in total. The van der Waals surface area contributed by atoms with Crippen molar-refractivity contribution in [2.45, 2.75) is 45.7 Å². The average molecular weight is 505 g/mol. The number of rotatable bonds is 8. The first kappa shape index (κ1) is 25.4. The molecule has 7 nitrogen and oxygen atoms in total. The monoisotopic (exact) mass is 504 g/mol. The summed E-state index contributed by atoms with van der Waals surface area (Å²) in [6, 6.07) is 15.0. The minimum Gasteiger partial charge on any atom is -0.497 e. The fourth-order valence-electron chi connectivity index (χ4n) is 3.95. The maximum absolute atomic E-state index is 12.9. The Labute approximate surface area is 215 Å². The number of hydrogen-bond acceptors (Lipinski definition) is 5. The van der Waals surface area contributed by atoms with Crippen LogP contribution in [0.3, 0.4) is 0 Å². The summed E-state index contributed by atoms with van der Waals surface area (Å²) >= 11 is 6.54. The number of aromatic nitrogens is 3. The van der Waals surface area contributed by atoms with Crippen LogP contribution in [0.2, 0.25) is 5.02 Å². The smallest absolute Gasteiger partial charge is 0.270 e. The van der Waals surface area contributed by atoms with Crippen LogP contribution in [0, 0.1) is 0 Å². The molecule has 8 heteroatoms. The third-order valence-corrected chi connectivity index (χ3v) is 5.92. The first-order valence-electron chi connectivity index (χ1n) is 11.7. The molecule has 1 amide bonds. The minimum atomic E-state index is -0.373. The number of nitrogens with one attached hydrogen (secondary N) is 1. The number of fused-ring (bicyclic) bond motifs is 1. The second-order valence-corrected chi connectivity index (χ2v) is 10.2. The standard InChI is InChI=1S/C28H29ClN4O3/c1-28(2,3)32-27(35)25-14-19(9-10-30-25)11-21(34)12-20-13-24(29)23-16-31-33(26(23)15-20)17-18-5-7-22(36-4)8-6-18/h5-10,13-16H,11-12,17H2,1-4H3,(H,32,35). The molecule has 2 heterocycles. The fourth-order valence-corrected chi connectivity index (χ4v) is 4.24. The molecule has 0 bridgehead atoms. The predicted molar refractivity (Wildman–Crippen MR) is 141 cm³/mol. The van der Waals surface area contributed by atoms with Gasteiger partial charge in [0.25, 0.3) is 5.91 Å². The molecule has 36 heavy (non-hydrogen) atoms. The number of nitrogens with zero attached hydrogens (tertiary/aromatic N) is 3. The van der Waals surface area contributed by atoms with Gasteiger partial charge in [-0.05, 0) is 73.9 Å². The summed E-state index contributed by atoms with van der Waals surface area (Å²) in [5.41, 5.74) is 3.41. The molecule has 0 spiro atoms. The molecule has 0 saturated heterocycles. The largest absolute Gasteiger partial charge is 0.497 e. The molecule has 2 aromatic heterocycles. The summed E-state index contributed by atoms with van der Waals surface area (Å²) < 4.78 is 7.10. The van der Waals surface area contributed by atoms with E-state index in [1.165, 1.54) is 0 Å². The van der Waals surface area contributed by atoms with E-state index in [2.05, 4.69) is 15.4 Å². The van der Waals surface area contributed by atoms with Gasteiger partial charge in [0.2, 0.25) is 0 Å². The van der Waals surface area contributed by atoms with Crippen molar-refractivity contribution in [1.29, 1.82) is 0 Å². The highest BCUT2D eigenvalue weighted by Crippen LogP contribution is 2.27. The Morgan fingerprint density at radius 2 is 1.72 bits per heavy atom. The molecule has 0 saturated carbocycles. The Morgan fingerprint density at radius 3 is 2.42 bits per heavy atom. The van der Waals surface area contributed by atoms with E-state index in [0.717, 1.165) is 33.3 Å². The lowest BCUT2D eigenvalue weighted by atomic mass is 10.0. The molecule has 0 aliphatic rings. The van der Waals surface area contributed by atoms with Gasteiger partial charge in [-0.25, -0.2) is 0 Å². The Bertz CT molecular complexity index is 1400. The summed E-state index contributed by atoms with van der Waals surface area (Å²) in [4.78, 5) is 29.5. The van der Waals surface area contributed by atoms with Gasteiger partial charge in [-0.2, -0.15) is 5.10 Å². The van der Waals surface area contributed by atoms with Crippen molar-refractivity contribution in [3.8, 4) is 5.75 Å². The van der Waals surface area contributed by atoms with Crippen molar-refractivity contribution in [3.05, 3.63) is 88.3 Å². The van der Waals surface area contributed by atoms with Crippen LogP contribution in [0.5, 0.6) is 5.75 Å². The van der Waals surface area contributed by atoms with Gasteiger partial charge >= 0.3 is 0 Å². The number of carbonyl (C=O) groups is 2. The first-order valence-corrected chi connectivity index (χ1v) is 12.0. The van der Waals surface area contributed by atoms with Crippen molar-refractivity contribution < 1.29 is 14.3 Å². The van der Waals surface area contributed by atoms with E-state index < -0.39 is 0 Å². The van der Waals surface area contributed by atoms with Crippen LogP contribution in [0.15, 0.2) is 60.9 Å². The number of methoxy groups -OCH3 is 1. The van der Waals surface area contributed by atoms with Gasteiger partial charge in [0.15, 0.2) is 0 Å². The normalized spacial score (nSPS) is 11.5. The average Bonchev–Trinajstić information content (AvgIpc) is 3.21. The molecule has 4 rings (SSSR count). The van der Waals surface area contributed by atoms with Crippen LogP contribution in [0.1, 0.15) is 48.0 Å². The summed E-state index contributed by atoms with van der Waals surface area (Å²) in [6.07, 6.45) is 3.71. The van der Waals surface area contributed by atoms with Crippen LogP contribution < -0.4 is 10.1 Å². The molecule has 186 valence electrons. The Morgan fingerprint density at radius 1 is 1.00 bits per heavy atom. The third-order valence-electron chi connectivity index (χ3n) is 5.61. The lowest BCUT2D eigenvalue weighted by molar-refractivity contribution is -0.117. The number of benzene rings is 2. The number of pyridine rings is 1. The number of Topliss-reactive ketones (excluding diaryl/α,β-unsaturated/α-hetero) is 1. The van der Waals surface area contributed by atoms with Gasteiger partial charge in [0.05, 0.1) is 30.4 Å². The van der Waals surface area contributed by atoms with Crippen LogP contribution in [0.25, 0.3) is 10.9 Å². The van der Waals surface area contributed by atoms with Crippen molar-refractivity contribution in [2.75, 3.05) is 7.11 Å².